The summed E-state index contributed by atoms with van der Waals surface area (Å²) in [5.74, 6) is -2.31. The minimum Gasteiger partial charge on any atom is -0.391 e. The molecule has 2 aliphatic rings. The molecule has 0 amide bonds. The van der Waals surface area contributed by atoms with Gasteiger partial charge in [0.15, 0.2) is 5.79 Å². The van der Waals surface area contributed by atoms with E-state index in [4.69, 9.17) is 19.7 Å². The van der Waals surface area contributed by atoms with Gasteiger partial charge in [0, 0.05) is 4.91 Å². The maximum Gasteiger partial charge on any atom is 0.224 e. The zero-order valence-electron chi connectivity index (χ0n) is 9.61. The van der Waals surface area contributed by atoms with Crippen LogP contribution >= 0.6 is 0 Å². The van der Waals surface area contributed by atoms with Crippen molar-refractivity contribution < 1.29 is 24.4 Å². The fourth-order valence-corrected chi connectivity index (χ4v) is 2.26. The number of aliphatic hydroxyl groups excluding tert-OH is 2. The number of hydrogen-bond acceptors (Lipinski definition) is 6. The summed E-state index contributed by atoms with van der Waals surface area (Å²) < 4.78 is 16.5. The van der Waals surface area contributed by atoms with Crippen molar-refractivity contribution in [1.82, 2.24) is 0 Å². The minimum absolute atomic E-state index is 0.0386. The van der Waals surface area contributed by atoms with E-state index in [-0.39, 0.29) is 6.54 Å². The van der Waals surface area contributed by atoms with Crippen LogP contribution < -0.4 is 0 Å². The molecular weight excluding hydrogens is 230 g/mol. The molecule has 0 bridgehead atoms. The van der Waals surface area contributed by atoms with Gasteiger partial charge >= 0.3 is 0 Å². The second-order valence-electron chi connectivity index (χ2n) is 4.57. The van der Waals surface area contributed by atoms with Crippen LogP contribution in [0.4, 0.5) is 0 Å². The monoisotopic (exact) mass is 245 g/mol. The second-order valence-corrected chi connectivity index (χ2v) is 4.57. The number of ether oxygens (including phenoxy) is 3. The smallest absolute Gasteiger partial charge is 0.224 e. The molecule has 8 heteroatoms. The van der Waals surface area contributed by atoms with Gasteiger partial charge in [0.25, 0.3) is 0 Å². The standard InChI is InChI=1S/C9H15N3O5/c1-8(2)16-7-6(14)5(3-11-12-10)15-9(7,4-13)17-8/h5-7,13-14H,3-4H2,1-2H3/t5-,6+,7?,9-/m0/s1. The van der Waals surface area contributed by atoms with Crippen molar-refractivity contribution in [2.45, 2.75) is 43.7 Å². The summed E-state index contributed by atoms with van der Waals surface area (Å²) in [4.78, 5) is 2.59. The average Bonchev–Trinajstić information content (AvgIpc) is 2.67. The third-order valence-electron chi connectivity index (χ3n) is 2.85. The van der Waals surface area contributed by atoms with Crippen molar-refractivity contribution in [3.05, 3.63) is 10.4 Å². The molecule has 0 aliphatic carbocycles. The number of nitrogens with zero attached hydrogens (tertiary/aromatic N) is 3. The van der Waals surface area contributed by atoms with E-state index >= 15 is 0 Å². The van der Waals surface area contributed by atoms with Gasteiger partial charge < -0.3 is 24.4 Å². The van der Waals surface area contributed by atoms with Crippen LogP contribution in [-0.2, 0) is 14.2 Å². The number of rotatable bonds is 3. The second kappa shape index (κ2) is 4.09. The molecule has 2 saturated heterocycles. The van der Waals surface area contributed by atoms with Gasteiger partial charge in [-0.05, 0) is 19.4 Å². The average molecular weight is 245 g/mol. The van der Waals surface area contributed by atoms with Gasteiger partial charge in [-0.25, -0.2) is 0 Å². The van der Waals surface area contributed by atoms with E-state index < -0.39 is 36.5 Å². The van der Waals surface area contributed by atoms with Crippen molar-refractivity contribution in [3.8, 4) is 0 Å². The first-order chi connectivity index (χ1) is 7.94. The van der Waals surface area contributed by atoms with E-state index in [2.05, 4.69) is 10.0 Å². The Hall–Kier alpha value is -0.890. The van der Waals surface area contributed by atoms with Crippen molar-refractivity contribution in [3.63, 3.8) is 0 Å². The Morgan fingerprint density at radius 2 is 2.12 bits per heavy atom. The highest BCUT2D eigenvalue weighted by Gasteiger charge is 2.64. The first-order valence-electron chi connectivity index (χ1n) is 5.30. The van der Waals surface area contributed by atoms with Crippen molar-refractivity contribution in [1.29, 1.82) is 0 Å². The van der Waals surface area contributed by atoms with Crippen LogP contribution in [0.15, 0.2) is 5.11 Å². The van der Waals surface area contributed by atoms with Crippen LogP contribution in [0.25, 0.3) is 10.4 Å². The van der Waals surface area contributed by atoms with Crippen LogP contribution in [-0.4, -0.2) is 53.3 Å². The zero-order valence-corrected chi connectivity index (χ0v) is 9.61. The Bertz CT molecular complexity index is 357. The zero-order chi connectivity index (χ0) is 12.7. The topological polar surface area (TPSA) is 117 Å². The SMILES string of the molecule is CC1(C)OC2[C@H](O)[C@H](CN=[N+]=[N-])O[C@@]2(CO)O1. The molecule has 2 fully saturated rings. The molecule has 17 heavy (non-hydrogen) atoms. The largest absolute Gasteiger partial charge is 0.391 e. The Morgan fingerprint density at radius 3 is 2.65 bits per heavy atom. The molecule has 0 aromatic carbocycles. The van der Waals surface area contributed by atoms with Gasteiger partial charge in [0.05, 0.1) is 12.6 Å². The van der Waals surface area contributed by atoms with E-state index in [0.717, 1.165) is 0 Å². The quantitative estimate of drug-likeness (QED) is 0.409. The summed E-state index contributed by atoms with van der Waals surface area (Å²) >= 11 is 0. The van der Waals surface area contributed by atoms with Crippen LogP contribution in [0, 0.1) is 0 Å². The first-order valence-corrected chi connectivity index (χ1v) is 5.30. The molecule has 0 aromatic heterocycles. The summed E-state index contributed by atoms with van der Waals surface area (Å²) in [6.07, 6.45) is -2.53. The lowest BCUT2D eigenvalue weighted by molar-refractivity contribution is -0.272. The predicted molar refractivity (Wildman–Crippen MR) is 54.7 cm³/mol. The molecular formula is C9H15N3O5. The predicted octanol–water partition coefficient (Wildman–Crippen LogP) is -0.104. The molecule has 0 aromatic rings. The van der Waals surface area contributed by atoms with Gasteiger partial charge in [-0.1, -0.05) is 5.11 Å². The summed E-state index contributed by atoms with van der Waals surface area (Å²) in [6.45, 7) is 2.86. The maximum atomic E-state index is 9.99. The third-order valence-corrected chi connectivity index (χ3v) is 2.85. The molecule has 2 N–H and O–H groups in total. The Balaban J connectivity index is 2.18. The normalized spacial score (nSPS) is 43.2. The lowest BCUT2D eigenvalue weighted by atomic mass is 10.1. The summed E-state index contributed by atoms with van der Waals surface area (Å²) in [5.41, 5.74) is 8.23. The van der Waals surface area contributed by atoms with E-state index in [1.54, 1.807) is 13.8 Å². The van der Waals surface area contributed by atoms with Gasteiger partial charge in [0.1, 0.15) is 18.8 Å². The summed E-state index contributed by atoms with van der Waals surface area (Å²) in [7, 11) is 0. The molecule has 0 saturated carbocycles. The minimum atomic E-state index is -1.38. The third kappa shape index (κ3) is 1.99. The Morgan fingerprint density at radius 1 is 1.41 bits per heavy atom. The van der Waals surface area contributed by atoms with E-state index in [1.165, 1.54) is 0 Å². The Kier molecular flexibility index (Phi) is 3.03. The highest BCUT2D eigenvalue weighted by atomic mass is 16.9. The fourth-order valence-electron chi connectivity index (χ4n) is 2.26. The first kappa shape index (κ1) is 12.6. The number of azide groups is 1. The van der Waals surface area contributed by atoms with E-state index in [0.29, 0.717) is 0 Å². The van der Waals surface area contributed by atoms with Crippen LogP contribution in [0.5, 0.6) is 0 Å². The fraction of sp³-hybridized carbons (Fsp3) is 1.00. The van der Waals surface area contributed by atoms with Gasteiger partial charge in [0.2, 0.25) is 5.79 Å². The van der Waals surface area contributed by atoms with Gasteiger partial charge in [-0.3, -0.25) is 0 Å². The number of fused-ring (bicyclic) bond motifs is 1. The molecule has 96 valence electrons. The van der Waals surface area contributed by atoms with Gasteiger partial charge in [-0.2, -0.15) is 0 Å². The number of hydrogen-bond donors (Lipinski definition) is 2. The van der Waals surface area contributed by atoms with Crippen LogP contribution in [0.3, 0.4) is 0 Å². The molecule has 2 rings (SSSR count). The molecule has 8 nitrogen and oxygen atoms in total. The summed E-state index contributed by atoms with van der Waals surface area (Å²) in [5, 5.41) is 22.7. The lowest BCUT2D eigenvalue weighted by Gasteiger charge is -2.26. The summed E-state index contributed by atoms with van der Waals surface area (Å²) in [6, 6.07) is 0. The lowest BCUT2D eigenvalue weighted by Crippen LogP contribution is -2.43. The maximum absolute atomic E-state index is 9.99. The molecule has 0 radical (unpaired) electrons. The van der Waals surface area contributed by atoms with Crippen molar-refractivity contribution >= 4 is 0 Å². The number of aliphatic hydroxyl groups is 2. The van der Waals surface area contributed by atoms with Crippen LogP contribution in [0.2, 0.25) is 0 Å². The highest BCUT2D eigenvalue weighted by molar-refractivity contribution is 5.02. The van der Waals surface area contributed by atoms with Gasteiger partial charge in [-0.15, -0.1) is 0 Å². The highest BCUT2D eigenvalue weighted by Crippen LogP contribution is 2.45. The molecule has 4 atom stereocenters. The molecule has 1 unspecified atom stereocenters. The Labute approximate surface area is 97.7 Å². The molecule has 0 spiro atoms. The van der Waals surface area contributed by atoms with E-state index in [1.807, 2.05) is 0 Å². The molecule has 2 aliphatic heterocycles. The molecule has 2 heterocycles. The van der Waals surface area contributed by atoms with Crippen molar-refractivity contribution in [2.75, 3.05) is 13.2 Å². The van der Waals surface area contributed by atoms with Crippen molar-refractivity contribution in [2.24, 2.45) is 5.11 Å². The van der Waals surface area contributed by atoms with Crippen LogP contribution in [0.1, 0.15) is 13.8 Å². The van der Waals surface area contributed by atoms with E-state index in [9.17, 15) is 10.2 Å².